The van der Waals surface area contributed by atoms with E-state index in [4.69, 9.17) is 5.14 Å². The number of fused-ring (bicyclic) bond motifs is 1. The molecule has 2 aliphatic rings. The van der Waals surface area contributed by atoms with Crippen molar-refractivity contribution in [2.75, 3.05) is 24.5 Å². The number of sulfonamides is 2. The minimum atomic E-state index is -4.66. The zero-order chi connectivity index (χ0) is 25.7. The number of benzene rings is 1. The largest absolute Gasteiger partial charge is 0.476 e. The van der Waals surface area contributed by atoms with Crippen LogP contribution in [0.1, 0.15) is 23.3 Å². The van der Waals surface area contributed by atoms with E-state index in [1.807, 2.05) is 0 Å². The van der Waals surface area contributed by atoms with Gasteiger partial charge in [-0.3, -0.25) is 0 Å². The van der Waals surface area contributed by atoms with Crippen LogP contribution in [0.25, 0.3) is 11.4 Å². The van der Waals surface area contributed by atoms with Crippen molar-refractivity contribution in [3.63, 3.8) is 0 Å². The molecular formula is C18H22N10O6S2. The molecule has 1 atom stereocenters. The first-order chi connectivity index (χ1) is 17.1. The van der Waals surface area contributed by atoms with Gasteiger partial charge in [-0.1, -0.05) is 0 Å². The van der Waals surface area contributed by atoms with Gasteiger partial charge in [-0.05, 0) is 36.7 Å². The van der Waals surface area contributed by atoms with Gasteiger partial charge in [0.2, 0.25) is 31.8 Å². The number of rotatable bonds is 7. The van der Waals surface area contributed by atoms with Crippen LogP contribution in [0.5, 0.6) is 0 Å². The van der Waals surface area contributed by atoms with Crippen LogP contribution in [0, 0.1) is 0 Å². The third-order valence-corrected chi connectivity index (χ3v) is 8.60. The summed E-state index contributed by atoms with van der Waals surface area (Å²) in [5.41, 5.74) is -0.226. The molecule has 0 spiro atoms. The number of hydrogen-bond acceptors (Lipinski definition) is 11. The van der Waals surface area contributed by atoms with Crippen LogP contribution in [0.3, 0.4) is 0 Å². The number of aromatic carboxylic acids is 1. The highest BCUT2D eigenvalue weighted by Crippen LogP contribution is 2.41. The number of tetrazole rings is 1. The van der Waals surface area contributed by atoms with Crippen LogP contribution in [-0.2, 0) is 26.6 Å². The third-order valence-electron chi connectivity index (χ3n) is 5.91. The second-order valence-corrected chi connectivity index (χ2v) is 11.5. The fourth-order valence-electron chi connectivity index (χ4n) is 4.41. The van der Waals surface area contributed by atoms with Gasteiger partial charge in [0, 0.05) is 31.9 Å². The third kappa shape index (κ3) is 4.32. The first-order valence-corrected chi connectivity index (χ1v) is 13.8. The zero-order valence-electron chi connectivity index (χ0n) is 18.6. The Morgan fingerprint density at radius 3 is 2.67 bits per heavy atom. The van der Waals surface area contributed by atoms with Gasteiger partial charge in [-0.25, -0.2) is 36.5 Å². The van der Waals surface area contributed by atoms with Gasteiger partial charge in [0.15, 0.2) is 5.69 Å². The minimum absolute atomic E-state index is 0.172. The molecule has 0 amide bonds. The van der Waals surface area contributed by atoms with E-state index >= 15 is 0 Å². The lowest BCUT2D eigenvalue weighted by atomic mass is 10.1. The molecule has 0 bridgehead atoms. The van der Waals surface area contributed by atoms with Crippen molar-refractivity contribution in [3.8, 4) is 11.4 Å². The summed E-state index contributed by atoms with van der Waals surface area (Å²) in [7, 11) is -9.00. The monoisotopic (exact) mass is 538 g/mol. The molecule has 2 aliphatic heterocycles. The van der Waals surface area contributed by atoms with E-state index in [2.05, 4.69) is 35.6 Å². The molecule has 1 saturated heterocycles. The SMILES string of the molecule is NS(=O)(=O)c1c(S(=O)(=O)NC2CCNC2)ccc(N2CCCn3cc(C(=O)O)nc32)c1-c1nn[nH]n1. The molecule has 1 fully saturated rings. The molecule has 5 rings (SSSR count). The normalized spacial score (nSPS) is 18.4. The molecule has 18 heteroatoms. The van der Waals surface area contributed by atoms with E-state index in [0.29, 0.717) is 39.0 Å². The Balaban J connectivity index is 1.75. The maximum Gasteiger partial charge on any atom is 0.356 e. The smallest absolute Gasteiger partial charge is 0.356 e. The van der Waals surface area contributed by atoms with Crippen molar-refractivity contribution in [3.05, 3.63) is 24.0 Å². The summed E-state index contributed by atoms with van der Waals surface area (Å²) < 4.78 is 56.6. The predicted octanol–water partition coefficient (Wildman–Crippen LogP) is -1.41. The Morgan fingerprint density at radius 2 is 2.03 bits per heavy atom. The van der Waals surface area contributed by atoms with E-state index in [1.54, 1.807) is 9.47 Å². The number of nitrogens with one attached hydrogen (secondary N) is 3. The number of anilines is 2. The standard InChI is InChI=1S/C18H22N10O6S2/c19-35(31,32)15-13(36(33,34)24-10-4-5-20-8-10)3-2-12(14(15)16-22-25-26-23-16)28-7-1-6-27-9-11(17(29)30)21-18(27)28/h2-3,9-10,20,24H,1,4-8H2,(H,29,30)(H2,19,31,32)(H,22,23,25,26). The van der Waals surface area contributed by atoms with Crippen molar-refractivity contribution < 1.29 is 26.7 Å². The van der Waals surface area contributed by atoms with E-state index in [0.717, 1.165) is 6.07 Å². The van der Waals surface area contributed by atoms with E-state index < -0.39 is 41.8 Å². The number of hydrogen-bond donors (Lipinski definition) is 5. The molecule has 3 aromatic rings. The number of aromatic amines is 1. The maximum atomic E-state index is 13.3. The lowest BCUT2D eigenvalue weighted by Gasteiger charge is -2.31. The van der Waals surface area contributed by atoms with Crippen molar-refractivity contribution in [1.29, 1.82) is 0 Å². The summed E-state index contributed by atoms with van der Waals surface area (Å²) in [6.07, 6.45) is 2.47. The topological polar surface area (TPSA) is 231 Å². The van der Waals surface area contributed by atoms with Crippen LogP contribution in [0.15, 0.2) is 28.1 Å². The number of primary sulfonamides is 1. The molecule has 4 heterocycles. The molecule has 6 N–H and O–H groups in total. The van der Waals surface area contributed by atoms with Crippen molar-refractivity contribution in [2.24, 2.45) is 5.14 Å². The minimum Gasteiger partial charge on any atom is -0.476 e. The van der Waals surface area contributed by atoms with Crippen LogP contribution in [-0.4, -0.2) is 83.8 Å². The van der Waals surface area contributed by atoms with Crippen molar-refractivity contribution >= 4 is 37.7 Å². The van der Waals surface area contributed by atoms with Crippen molar-refractivity contribution in [2.45, 2.75) is 35.2 Å². The molecule has 1 unspecified atom stereocenters. The van der Waals surface area contributed by atoms with Crippen LogP contribution in [0.2, 0.25) is 0 Å². The van der Waals surface area contributed by atoms with Crippen molar-refractivity contribution in [1.82, 2.24) is 40.2 Å². The summed E-state index contributed by atoms with van der Waals surface area (Å²) in [5, 5.41) is 31.5. The number of nitrogens with zero attached hydrogens (tertiary/aromatic N) is 6. The van der Waals surface area contributed by atoms with Crippen LogP contribution >= 0.6 is 0 Å². The Bertz CT molecular complexity index is 1530. The quantitative estimate of drug-likeness (QED) is 0.233. The maximum absolute atomic E-state index is 13.3. The van der Waals surface area contributed by atoms with E-state index in [1.165, 1.54) is 12.3 Å². The highest BCUT2D eigenvalue weighted by atomic mass is 32.2. The Hall–Kier alpha value is -3.45. The lowest BCUT2D eigenvalue weighted by Crippen LogP contribution is -2.37. The number of aromatic nitrogens is 6. The second-order valence-electron chi connectivity index (χ2n) is 8.31. The molecule has 1 aromatic carbocycles. The summed E-state index contributed by atoms with van der Waals surface area (Å²) in [4.78, 5) is 16.0. The molecule has 192 valence electrons. The molecule has 16 nitrogen and oxygen atoms in total. The number of carbonyl (C=O) groups is 1. The summed E-state index contributed by atoms with van der Waals surface area (Å²) >= 11 is 0. The average molecular weight is 539 g/mol. The number of carboxylic acid groups (broad SMARTS) is 1. The van der Waals surface area contributed by atoms with Gasteiger partial charge >= 0.3 is 5.97 Å². The van der Waals surface area contributed by atoms with Gasteiger partial charge in [0.25, 0.3) is 0 Å². The summed E-state index contributed by atoms with van der Waals surface area (Å²) in [6.45, 7) is 1.81. The first kappa shape index (κ1) is 24.3. The fourth-order valence-corrected chi connectivity index (χ4v) is 7.28. The summed E-state index contributed by atoms with van der Waals surface area (Å²) in [6, 6.07) is 2.11. The molecule has 0 radical (unpaired) electrons. The van der Waals surface area contributed by atoms with E-state index in [-0.39, 0.29) is 28.7 Å². The molecule has 36 heavy (non-hydrogen) atoms. The Labute approximate surface area is 205 Å². The van der Waals surface area contributed by atoms with Crippen LogP contribution < -0.4 is 20.1 Å². The molecule has 0 aliphatic carbocycles. The van der Waals surface area contributed by atoms with Gasteiger partial charge in [0.05, 0.1) is 11.3 Å². The molecule has 0 saturated carbocycles. The highest BCUT2D eigenvalue weighted by molar-refractivity contribution is 7.92. The molecule has 2 aromatic heterocycles. The predicted molar refractivity (Wildman–Crippen MR) is 123 cm³/mol. The number of H-pyrrole nitrogens is 1. The Kier molecular flexibility index (Phi) is 5.99. The molecular weight excluding hydrogens is 516 g/mol. The first-order valence-electron chi connectivity index (χ1n) is 10.8. The van der Waals surface area contributed by atoms with Gasteiger partial charge in [-0.2, -0.15) is 5.21 Å². The zero-order valence-corrected chi connectivity index (χ0v) is 20.3. The number of aryl methyl sites for hydroxylation is 1. The Morgan fingerprint density at radius 1 is 1.22 bits per heavy atom. The van der Waals surface area contributed by atoms with Crippen LogP contribution in [0.4, 0.5) is 11.6 Å². The number of imidazole rings is 1. The van der Waals surface area contributed by atoms with Gasteiger partial charge in [-0.15, -0.1) is 10.2 Å². The van der Waals surface area contributed by atoms with E-state index in [9.17, 15) is 26.7 Å². The summed E-state index contributed by atoms with van der Waals surface area (Å²) in [5.74, 6) is -1.21. The fraction of sp³-hybridized carbons (Fsp3) is 0.389. The number of carboxylic acids is 1. The lowest BCUT2D eigenvalue weighted by molar-refractivity contribution is 0.0691. The second kappa shape index (κ2) is 8.89. The number of nitrogens with two attached hydrogens (primary N) is 1. The van der Waals surface area contributed by atoms with Gasteiger partial charge in [0.1, 0.15) is 9.79 Å². The van der Waals surface area contributed by atoms with Gasteiger partial charge < -0.3 is 19.9 Å². The average Bonchev–Trinajstić information content (AvgIpc) is 3.58. The highest BCUT2D eigenvalue weighted by Gasteiger charge is 2.36.